The van der Waals surface area contributed by atoms with Crippen LogP contribution in [0.25, 0.3) is 0 Å². The topological polar surface area (TPSA) is 47.7 Å². The molecule has 0 spiro atoms. The molecular formula is C12H18ClF2N5. The molecule has 112 valence electrons. The third kappa shape index (κ3) is 4.57. The molecule has 0 saturated carbocycles. The number of nitrogens with zero attached hydrogens (tertiary/aromatic N) is 4. The van der Waals surface area contributed by atoms with Gasteiger partial charge >= 0.3 is 6.55 Å². The highest BCUT2D eigenvalue weighted by Crippen LogP contribution is 2.08. The summed E-state index contributed by atoms with van der Waals surface area (Å²) in [6.07, 6.45) is 6.11. The van der Waals surface area contributed by atoms with E-state index in [4.69, 9.17) is 0 Å². The minimum Gasteiger partial charge on any atom is -0.307 e. The fraction of sp³-hybridized carbons (Fsp3) is 0.500. The van der Waals surface area contributed by atoms with E-state index in [9.17, 15) is 8.78 Å². The van der Waals surface area contributed by atoms with E-state index in [1.165, 1.54) is 6.20 Å². The minimum absolute atomic E-state index is 0. The lowest BCUT2D eigenvalue weighted by atomic mass is 10.3. The first-order valence-corrected chi connectivity index (χ1v) is 6.23. The molecule has 0 aliphatic rings. The van der Waals surface area contributed by atoms with Gasteiger partial charge < -0.3 is 5.32 Å². The second-order valence-corrected chi connectivity index (χ2v) is 4.28. The Morgan fingerprint density at radius 3 is 2.80 bits per heavy atom. The van der Waals surface area contributed by atoms with Crippen LogP contribution in [0.2, 0.25) is 0 Å². The van der Waals surface area contributed by atoms with Gasteiger partial charge in [-0.3, -0.25) is 4.68 Å². The minimum atomic E-state index is -2.58. The zero-order valence-corrected chi connectivity index (χ0v) is 12.0. The van der Waals surface area contributed by atoms with Crippen LogP contribution in [0.5, 0.6) is 0 Å². The SMILES string of the molecule is CCCn1cc(CNCc2ccn(C(F)F)n2)cn1.Cl. The second kappa shape index (κ2) is 7.96. The Kier molecular flexibility index (Phi) is 6.60. The maximum Gasteiger partial charge on any atom is 0.333 e. The summed E-state index contributed by atoms with van der Waals surface area (Å²) in [5.41, 5.74) is 1.67. The van der Waals surface area contributed by atoms with Crippen LogP contribution in [0.3, 0.4) is 0 Å². The molecule has 0 radical (unpaired) electrons. The maximum absolute atomic E-state index is 12.3. The van der Waals surface area contributed by atoms with Gasteiger partial charge in [-0.15, -0.1) is 12.4 Å². The lowest BCUT2D eigenvalue weighted by Crippen LogP contribution is -2.13. The third-order valence-corrected chi connectivity index (χ3v) is 2.64. The molecule has 2 heterocycles. The van der Waals surface area contributed by atoms with Crippen LogP contribution in [0.15, 0.2) is 24.7 Å². The number of aromatic nitrogens is 4. The van der Waals surface area contributed by atoms with Crippen molar-refractivity contribution in [2.75, 3.05) is 0 Å². The Hall–Kier alpha value is -1.47. The van der Waals surface area contributed by atoms with E-state index in [0.717, 1.165) is 18.5 Å². The van der Waals surface area contributed by atoms with Crippen LogP contribution in [-0.4, -0.2) is 19.6 Å². The van der Waals surface area contributed by atoms with Gasteiger partial charge in [-0.25, -0.2) is 4.68 Å². The molecule has 0 aliphatic heterocycles. The van der Waals surface area contributed by atoms with E-state index in [-0.39, 0.29) is 12.4 Å². The molecule has 8 heteroatoms. The summed E-state index contributed by atoms with van der Waals surface area (Å²) in [6, 6.07) is 1.58. The van der Waals surface area contributed by atoms with Crippen molar-refractivity contribution in [3.05, 3.63) is 35.9 Å². The van der Waals surface area contributed by atoms with E-state index < -0.39 is 6.55 Å². The first kappa shape index (κ1) is 16.6. The molecule has 2 rings (SSSR count). The van der Waals surface area contributed by atoms with E-state index >= 15 is 0 Å². The largest absolute Gasteiger partial charge is 0.333 e. The maximum atomic E-state index is 12.3. The lowest BCUT2D eigenvalue weighted by Gasteiger charge is -2.00. The Labute approximate surface area is 122 Å². The van der Waals surface area contributed by atoms with E-state index in [0.29, 0.717) is 23.5 Å². The fourth-order valence-corrected chi connectivity index (χ4v) is 1.76. The van der Waals surface area contributed by atoms with Gasteiger partial charge in [-0.2, -0.15) is 19.0 Å². The third-order valence-electron chi connectivity index (χ3n) is 2.64. The summed E-state index contributed by atoms with van der Waals surface area (Å²) in [6.45, 7) is 1.52. The molecule has 0 amide bonds. The predicted molar refractivity (Wildman–Crippen MR) is 73.8 cm³/mol. The van der Waals surface area contributed by atoms with Gasteiger partial charge in [0.05, 0.1) is 11.9 Å². The molecule has 0 saturated heterocycles. The Bertz CT molecular complexity index is 511. The molecule has 20 heavy (non-hydrogen) atoms. The highest BCUT2D eigenvalue weighted by Gasteiger charge is 2.07. The second-order valence-electron chi connectivity index (χ2n) is 4.28. The van der Waals surface area contributed by atoms with Gasteiger partial charge in [-0.1, -0.05) is 6.92 Å². The molecular weight excluding hydrogens is 288 g/mol. The Balaban J connectivity index is 0.00000200. The smallest absolute Gasteiger partial charge is 0.307 e. The van der Waals surface area contributed by atoms with Gasteiger partial charge in [0.25, 0.3) is 0 Å². The summed E-state index contributed by atoms with van der Waals surface area (Å²) in [5.74, 6) is 0. The molecule has 2 aromatic rings. The molecule has 0 aliphatic carbocycles. The Morgan fingerprint density at radius 1 is 1.35 bits per heavy atom. The predicted octanol–water partition coefficient (Wildman–Crippen LogP) is 2.60. The Morgan fingerprint density at radius 2 is 2.15 bits per heavy atom. The number of rotatable bonds is 7. The van der Waals surface area contributed by atoms with Crippen LogP contribution in [0.1, 0.15) is 31.2 Å². The first-order chi connectivity index (χ1) is 9.19. The average molecular weight is 306 g/mol. The normalized spacial score (nSPS) is 10.8. The van der Waals surface area contributed by atoms with Crippen LogP contribution in [-0.2, 0) is 19.6 Å². The van der Waals surface area contributed by atoms with Crippen molar-refractivity contribution in [3.63, 3.8) is 0 Å². The average Bonchev–Trinajstić information content (AvgIpc) is 2.99. The van der Waals surface area contributed by atoms with Crippen molar-refractivity contribution in [3.8, 4) is 0 Å². The van der Waals surface area contributed by atoms with Crippen molar-refractivity contribution < 1.29 is 8.78 Å². The van der Waals surface area contributed by atoms with Crippen molar-refractivity contribution in [2.24, 2.45) is 0 Å². The molecule has 0 bridgehead atoms. The molecule has 0 aromatic carbocycles. The van der Waals surface area contributed by atoms with E-state index in [1.807, 2.05) is 10.9 Å². The number of aryl methyl sites for hydroxylation is 1. The van der Waals surface area contributed by atoms with Crippen LogP contribution < -0.4 is 5.32 Å². The molecule has 1 N–H and O–H groups in total. The van der Waals surface area contributed by atoms with Crippen LogP contribution in [0, 0.1) is 0 Å². The quantitative estimate of drug-likeness (QED) is 0.855. The highest BCUT2D eigenvalue weighted by atomic mass is 35.5. The van der Waals surface area contributed by atoms with E-state index in [1.54, 1.807) is 12.3 Å². The summed E-state index contributed by atoms with van der Waals surface area (Å²) >= 11 is 0. The number of nitrogens with one attached hydrogen (secondary N) is 1. The molecule has 0 unspecified atom stereocenters. The van der Waals surface area contributed by atoms with E-state index in [2.05, 4.69) is 22.4 Å². The van der Waals surface area contributed by atoms with Crippen molar-refractivity contribution in [1.29, 1.82) is 0 Å². The zero-order chi connectivity index (χ0) is 13.7. The van der Waals surface area contributed by atoms with Gasteiger partial charge in [0.1, 0.15) is 0 Å². The summed E-state index contributed by atoms with van der Waals surface area (Å²) in [5, 5.41) is 11.1. The molecule has 0 atom stereocenters. The van der Waals surface area contributed by atoms with Crippen molar-refractivity contribution in [2.45, 2.75) is 39.5 Å². The molecule has 0 fully saturated rings. The van der Waals surface area contributed by atoms with Crippen molar-refractivity contribution >= 4 is 12.4 Å². The first-order valence-electron chi connectivity index (χ1n) is 6.23. The standard InChI is InChI=1S/C12H17F2N5.ClH/c1-2-4-18-9-10(7-16-18)6-15-8-11-3-5-19(17-11)12(13)14;/h3,5,7,9,12,15H,2,4,6,8H2,1H3;1H. The summed E-state index contributed by atoms with van der Waals surface area (Å²) in [7, 11) is 0. The van der Waals surface area contributed by atoms with Crippen LogP contribution >= 0.6 is 12.4 Å². The fourth-order valence-electron chi connectivity index (χ4n) is 1.76. The molecule has 2 aromatic heterocycles. The molecule has 5 nitrogen and oxygen atoms in total. The number of hydrogen-bond acceptors (Lipinski definition) is 3. The van der Waals surface area contributed by atoms with Gasteiger partial charge in [0.15, 0.2) is 0 Å². The van der Waals surface area contributed by atoms with Gasteiger partial charge in [-0.05, 0) is 12.5 Å². The number of hydrogen-bond donors (Lipinski definition) is 1. The van der Waals surface area contributed by atoms with Gasteiger partial charge in [0.2, 0.25) is 0 Å². The monoisotopic (exact) mass is 305 g/mol. The number of halogens is 3. The summed E-state index contributed by atoms with van der Waals surface area (Å²) in [4.78, 5) is 0. The lowest BCUT2D eigenvalue weighted by molar-refractivity contribution is 0.0561. The summed E-state index contributed by atoms with van der Waals surface area (Å²) < 4.78 is 27.2. The van der Waals surface area contributed by atoms with Crippen LogP contribution in [0.4, 0.5) is 8.78 Å². The zero-order valence-electron chi connectivity index (χ0n) is 11.2. The van der Waals surface area contributed by atoms with Gasteiger partial charge in [0, 0.05) is 37.6 Å². The highest BCUT2D eigenvalue weighted by molar-refractivity contribution is 5.85. The number of alkyl halides is 2. The van der Waals surface area contributed by atoms with Crippen molar-refractivity contribution in [1.82, 2.24) is 24.9 Å².